The van der Waals surface area contributed by atoms with E-state index in [9.17, 15) is 8.42 Å². The topological polar surface area (TPSA) is 88.3 Å². The maximum atomic E-state index is 12.6. The number of nitrogens with one attached hydrogen (secondary N) is 1. The monoisotopic (exact) mass is 318 g/mol. The smallest absolute Gasteiger partial charge is 0.246 e. The molecule has 2 rings (SSSR count). The average molecular weight is 319 g/mol. The third-order valence-corrected chi connectivity index (χ3v) is 5.54. The van der Waals surface area contributed by atoms with E-state index in [1.54, 1.807) is 0 Å². The van der Waals surface area contributed by atoms with Gasteiger partial charge in [-0.25, -0.2) is 13.4 Å². The number of sulfonamides is 1. The van der Waals surface area contributed by atoms with Crippen LogP contribution in [-0.2, 0) is 10.0 Å². The van der Waals surface area contributed by atoms with Gasteiger partial charge in [0.1, 0.15) is 10.7 Å². The van der Waals surface area contributed by atoms with Gasteiger partial charge in [-0.3, -0.25) is 0 Å². The number of nitrogen functional groups attached to an aromatic ring is 1. The summed E-state index contributed by atoms with van der Waals surface area (Å²) >= 11 is 5.83. The van der Waals surface area contributed by atoms with E-state index in [4.69, 9.17) is 17.3 Å². The van der Waals surface area contributed by atoms with Gasteiger partial charge in [0.05, 0.1) is 5.02 Å². The Hall–Kier alpha value is -0.890. The van der Waals surface area contributed by atoms with E-state index in [1.807, 2.05) is 7.05 Å². The first-order valence-corrected chi connectivity index (χ1v) is 8.32. The summed E-state index contributed by atoms with van der Waals surface area (Å²) in [6.07, 6.45) is 3.21. The third kappa shape index (κ3) is 3.22. The van der Waals surface area contributed by atoms with Gasteiger partial charge >= 0.3 is 0 Å². The van der Waals surface area contributed by atoms with Crippen molar-refractivity contribution in [1.29, 1.82) is 0 Å². The molecule has 20 heavy (non-hydrogen) atoms. The summed E-state index contributed by atoms with van der Waals surface area (Å²) in [4.78, 5) is 3.82. The Balaban J connectivity index is 2.27. The molecule has 1 atom stereocenters. The van der Waals surface area contributed by atoms with E-state index in [2.05, 4.69) is 10.3 Å². The first kappa shape index (κ1) is 15.5. The molecule has 0 bridgehead atoms. The SMILES string of the molecule is CNC[C@@H]1CCCN(S(=O)(=O)c2cc(Cl)cnc2N)C1. The van der Waals surface area contributed by atoms with Gasteiger partial charge in [-0.15, -0.1) is 0 Å². The molecule has 112 valence electrons. The van der Waals surface area contributed by atoms with Crippen molar-refractivity contribution >= 4 is 27.4 Å². The Morgan fingerprint density at radius 3 is 3.05 bits per heavy atom. The Morgan fingerprint density at radius 1 is 1.60 bits per heavy atom. The number of halogens is 1. The molecular weight excluding hydrogens is 300 g/mol. The van der Waals surface area contributed by atoms with Crippen LogP contribution in [0.3, 0.4) is 0 Å². The molecule has 0 aliphatic carbocycles. The van der Waals surface area contributed by atoms with Crippen LogP contribution in [0.5, 0.6) is 0 Å². The predicted molar refractivity (Wildman–Crippen MR) is 79.1 cm³/mol. The number of piperidine rings is 1. The van der Waals surface area contributed by atoms with Gasteiger partial charge in [0, 0.05) is 19.3 Å². The summed E-state index contributed by atoms with van der Waals surface area (Å²) in [7, 11) is -1.77. The summed E-state index contributed by atoms with van der Waals surface area (Å²) in [5, 5.41) is 3.36. The van der Waals surface area contributed by atoms with Crippen molar-refractivity contribution in [3.63, 3.8) is 0 Å². The lowest BCUT2D eigenvalue weighted by Gasteiger charge is -2.32. The maximum Gasteiger partial charge on any atom is 0.246 e. The highest BCUT2D eigenvalue weighted by atomic mass is 35.5. The van der Waals surface area contributed by atoms with E-state index in [0.717, 1.165) is 19.4 Å². The van der Waals surface area contributed by atoms with Crippen molar-refractivity contribution < 1.29 is 8.42 Å². The Labute approximate surface area is 124 Å². The summed E-state index contributed by atoms with van der Waals surface area (Å²) in [5.41, 5.74) is 5.69. The van der Waals surface area contributed by atoms with Crippen LogP contribution >= 0.6 is 11.6 Å². The first-order valence-electron chi connectivity index (χ1n) is 6.51. The second-order valence-electron chi connectivity index (χ2n) is 4.97. The minimum atomic E-state index is -3.63. The lowest BCUT2D eigenvalue weighted by Crippen LogP contribution is -2.42. The van der Waals surface area contributed by atoms with Crippen LogP contribution in [-0.4, -0.2) is 44.4 Å². The zero-order valence-corrected chi connectivity index (χ0v) is 12.9. The van der Waals surface area contributed by atoms with Gasteiger partial charge in [-0.05, 0) is 38.4 Å². The van der Waals surface area contributed by atoms with Crippen LogP contribution < -0.4 is 11.1 Å². The zero-order valence-electron chi connectivity index (χ0n) is 11.3. The highest BCUT2D eigenvalue weighted by Crippen LogP contribution is 2.27. The molecule has 0 unspecified atom stereocenters. The van der Waals surface area contributed by atoms with Gasteiger partial charge in [-0.1, -0.05) is 11.6 Å². The molecule has 1 fully saturated rings. The zero-order chi connectivity index (χ0) is 14.8. The molecule has 1 aliphatic heterocycles. The minimum Gasteiger partial charge on any atom is -0.383 e. The van der Waals surface area contributed by atoms with Gasteiger partial charge in [0.25, 0.3) is 0 Å². The van der Waals surface area contributed by atoms with E-state index < -0.39 is 10.0 Å². The van der Waals surface area contributed by atoms with Crippen LogP contribution in [0.2, 0.25) is 5.02 Å². The molecule has 0 radical (unpaired) electrons. The molecule has 0 aromatic carbocycles. The van der Waals surface area contributed by atoms with Crippen molar-refractivity contribution in [2.45, 2.75) is 17.7 Å². The molecule has 0 saturated carbocycles. The summed E-state index contributed by atoms with van der Waals surface area (Å²) in [6, 6.07) is 1.36. The number of anilines is 1. The van der Waals surface area contributed by atoms with Crippen molar-refractivity contribution in [2.75, 3.05) is 32.4 Å². The number of nitrogens with two attached hydrogens (primary N) is 1. The van der Waals surface area contributed by atoms with Crippen molar-refractivity contribution in [1.82, 2.24) is 14.6 Å². The number of rotatable bonds is 4. The summed E-state index contributed by atoms with van der Waals surface area (Å²) < 4.78 is 26.7. The molecular formula is C12H19ClN4O2S. The quantitative estimate of drug-likeness (QED) is 0.862. The van der Waals surface area contributed by atoms with Crippen LogP contribution in [0.1, 0.15) is 12.8 Å². The normalized spacial score (nSPS) is 21.0. The van der Waals surface area contributed by atoms with Crippen LogP contribution in [0.25, 0.3) is 0 Å². The lowest BCUT2D eigenvalue weighted by atomic mass is 10.00. The summed E-state index contributed by atoms with van der Waals surface area (Å²) in [5.74, 6) is 0.307. The molecule has 6 nitrogen and oxygen atoms in total. The van der Waals surface area contributed by atoms with Crippen molar-refractivity contribution in [3.8, 4) is 0 Å². The Bertz CT molecular complexity index is 577. The second-order valence-corrected chi connectivity index (χ2v) is 7.31. The second kappa shape index (κ2) is 6.26. The molecule has 1 aromatic heterocycles. The minimum absolute atomic E-state index is 0.00453. The van der Waals surface area contributed by atoms with Crippen LogP contribution in [0.15, 0.2) is 17.2 Å². The first-order chi connectivity index (χ1) is 9.45. The van der Waals surface area contributed by atoms with Crippen LogP contribution in [0, 0.1) is 5.92 Å². The van der Waals surface area contributed by atoms with Gasteiger partial charge < -0.3 is 11.1 Å². The number of hydrogen-bond donors (Lipinski definition) is 2. The largest absolute Gasteiger partial charge is 0.383 e. The standard InChI is InChI=1S/C12H19ClN4O2S/c1-15-6-9-3-2-4-17(8-9)20(18,19)11-5-10(13)7-16-12(11)14/h5,7,9,15H,2-4,6,8H2,1H3,(H2,14,16)/t9-/m0/s1. The molecule has 8 heteroatoms. The Morgan fingerprint density at radius 2 is 2.35 bits per heavy atom. The highest BCUT2D eigenvalue weighted by molar-refractivity contribution is 7.89. The van der Waals surface area contributed by atoms with E-state index >= 15 is 0 Å². The van der Waals surface area contributed by atoms with E-state index in [-0.39, 0.29) is 15.7 Å². The van der Waals surface area contributed by atoms with Gasteiger partial charge in [0.2, 0.25) is 10.0 Å². The fourth-order valence-electron chi connectivity index (χ4n) is 2.48. The maximum absolute atomic E-state index is 12.6. The van der Waals surface area contributed by atoms with Crippen LogP contribution in [0.4, 0.5) is 5.82 Å². The van der Waals surface area contributed by atoms with Gasteiger partial charge in [0.15, 0.2) is 0 Å². The number of aromatic nitrogens is 1. The molecule has 1 aromatic rings. The molecule has 0 spiro atoms. The average Bonchev–Trinajstić information content (AvgIpc) is 2.42. The van der Waals surface area contributed by atoms with E-state index in [0.29, 0.717) is 19.0 Å². The summed E-state index contributed by atoms with van der Waals surface area (Å²) in [6.45, 7) is 1.80. The molecule has 0 amide bonds. The molecule has 2 heterocycles. The molecule has 1 saturated heterocycles. The fourth-order valence-corrected chi connectivity index (χ4v) is 4.35. The fraction of sp³-hybridized carbons (Fsp3) is 0.583. The van der Waals surface area contributed by atoms with Crippen molar-refractivity contribution in [3.05, 3.63) is 17.3 Å². The number of nitrogens with zero attached hydrogens (tertiary/aromatic N) is 2. The van der Waals surface area contributed by atoms with Gasteiger partial charge in [-0.2, -0.15) is 4.31 Å². The lowest BCUT2D eigenvalue weighted by molar-refractivity contribution is 0.263. The predicted octanol–water partition coefficient (Wildman–Crippen LogP) is 0.937. The van der Waals surface area contributed by atoms with Crippen molar-refractivity contribution in [2.24, 2.45) is 5.92 Å². The highest BCUT2D eigenvalue weighted by Gasteiger charge is 2.31. The number of pyridine rings is 1. The molecule has 3 N–H and O–H groups in total. The van der Waals surface area contributed by atoms with E-state index in [1.165, 1.54) is 16.6 Å². The number of hydrogen-bond acceptors (Lipinski definition) is 5. The molecule has 1 aliphatic rings. The third-order valence-electron chi connectivity index (χ3n) is 3.44. The Kier molecular flexibility index (Phi) is 4.85.